The van der Waals surface area contributed by atoms with E-state index in [9.17, 15) is 13.2 Å². The quantitative estimate of drug-likeness (QED) is 0.603. The standard InChI is InChI=1S/C19H20N4O6S/c1-23(2)30(25,26)14-8-5-12(6-9-14)17(24)20-19-22-21-18(29-19)15-11-13(27-3)7-10-16(15)28-4/h5-11H,1-4H3,(H,20,22,24). The minimum atomic E-state index is -3.58. The molecule has 1 amide bonds. The molecule has 0 aliphatic carbocycles. The van der Waals surface area contributed by atoms with Crippen molar-refractivity contribution in [1.82, 2.24) is 14.5 Å². The number of carbonyl (C=O) groups is 1. The predicted molar refractivity (Wildman–Crippen MR) is 108 cm³/mol. The average molecular weight is 432 g/mol. The maximum absolute atomic E-state index is 12.4. The van der Waals surface area contributed by atoms with E-state index in [1.165, 1.54) is 52.6 Å². The minimum Gasteiger partial charge on any atom is -0.497 e. The van der Waals surface area contributed by atoms with Crippen molar-refractivity contribution < 1.29 is 27.1 Å². The lowest BCUT2D eigenvalue weighted by molar-refractivity contribution is 0.102. The van der Waals surface area contributed by atoms with Gasteiger partial charge in [-0.25, -0.2) is 12.7 Å². The number of nitrogens with zero attached hydrogens (tertiary/aromatic N) is 3. The molecule has 11 heteroatoms. The number of ether oxygens (including phenoxy) is 2. The molecule has 1 aromatic heterocycles. The van der Waals surface area contributed by atoms with E-state index in [0.29, 0.717) is 17.1 Å². The van der Waals surface area contributed by atoms with Gasteiger partial charge in [0.25, 0.3) is 11.8 Å². The zero-order chi connectivity index (χ0) is 21.9. The molecule has 0 saturated heterocycles. The first-order valence-corrected chi connectivity index (χ1v) is 10.1. The van der Waals surface area contributed by atoms with E-state index in [-0.39, 0.29) is 22.4 Å². The minimum absolute atomic E-state index is 0.0780. The summed E-state index contributed by atoms with van der Waals surface area (Å²) in [6.07, 6.45) is 0. The number of rotatable bonds is 7. The third-order valence-corrected chi connectivity index (χ3v) is 6.01. The van der Waals surface area contributed by atoms with Crippen molar-refractivity contribution in [1.29, 1.82) is 0 Å². The maximum Gasteiger partial charge on any atom is 0.322 e. The molecule has 3 rings (SSSR count). The highest BCUT2D eigenvalue weighted by atomic mass is 32.2. The Kier molecular flexibility index (Phi) is 6.04. The molecule has 0 aliphatic rings. The Balaban J connectivity index is 1.79. The van der Waals surface area contributed by atoms with Gasteiger partial charge in [-0.2, -0.15) is 0 Å². The molecule has 0 saturated carbocycles. The highest BCUT2D eigenvalue weighted by Crippen LogP contribution is 2.33. The number of hydrogen-bond acceptors (Lipinski definition) is 8. The monoisotopic (exact) mass is 432 g/mol. The van der Waals surface area contributed by atoms with Gasteiger partial charge in [0.15, 0.2) is 0 Å². The summed E-state index contributed by atoms with van der Waals surface area (Å²) in [4.78, 5) is 12.5. The molecule has 158 valence electrons. The fraction of sp³-hybridized carbons (Fsp3) is 0.211. The van der Waals surface area contributed by atoms with E-state index >= 15 is 0 Å². The zero-order valence-corrected chi connectivity index (χ0v) is 17.6. The Labute approximate surface area is 173 Å². The van der Waals surface area contributed by atoms with Crippen LogP contribution in [-0.4, -0.2) is 57.1 Å². The number of sulfonamides is 1. The highest BCUT2D eigenvalue weighted by Gasteiger charge is 2.19. The molecule has 1 N–H and O–H groups in total. The Morgan fingerprint density at radius 3 is 2.33 bits per heavy atom. The van der Waals surface area contributed by atoms with Crippen molar-refractivity contribution >= 4 is 21.9 Å². The maximum atomic E-state index is 12.4. The third kappa shape index (κ3) is 4.26. The number of methoxy groups -OCH3 is 2. The zero-order valence-electron chi connectivity index (χ0n) is 16.7. The summed E-state index contributed by atoms with van der Waals surface area (Å²) in [7, 11) is 2.32. The molecule has 0 radical (unpaired) electrons. The SMILES string of the molecule is COc1ccc(OC)c(-c2nnc(NC(=O)c3ccc(S(=O)(=O)N(C)C)cc3)o2)c1. The molecule has 30 heavy (non-hydrogen) atoms. The molecule has 0 fully saturated rings. The highest BCUT2D eigenvalue weighted by molar-refractivity contribution is 7.89. The Morgan fingerprint density at radius 1 is 1.03 bits per heavy atom. The van der Waals surface area contributed by atoms with Crippen molar-refractivity contribution in [3.8, 4) is 23.0 Å². The van der Waals surface area contributed by atoms with Crippen LogP contribution in [0.25, 0.3) is 11.5 Å². The number of hydrogen-bond donors (Lipinski definition) is 1. The van der Waals surface area contributed by atoms with Gasteiger partial charge < -0.3 is 13.9 Å². The van der Waals surface area contributed by atoms with E-state index < -0.39 is 15.9 Å². The fourth-order valence-electron chi connectivity index (χ4n) is 2.52. The first-order chi connectivity index (χ1) is 14.3. The molecule has 10 nitrogen and oxygen atoms in total. The summed E-state index contributed by atoms with van der Waals surface area (Å²) >= 11 is 0. The van der Waals surface area contributed by atoms with Gasteiger partial charge in [0, 0.05) is 19.7 Å². The van der Waals surface area contributed by atoms with E-state index in [1.54, 1.807) is 18.2 Å². The molecule has 3 aromatic rings. The Morgan fingerprint density at radius 2 is 1.73 bits per heavy atom. The smallest absolute Gasteiger partial charge is 0.322 e. The number of anilines is 1. The second-order valence-electron chi connectivity index (χ2n) is 6.24. The molecule has 2 aromatic carbocycles. The van der Waals surface area contributed by atoms with Crippen LogP contribution in [0, 0.1) is 0 Å². The van der Waals surface area contributed by atoms with E-state index in [4.69, 9.17) is 13.9 Å². The van der Waals surface area contributed by atoms with Crippen LogP contribution in [0.2, 0.25) is 0 Å². The van der Waals surface area contributed by atoms with E-state index in [2.05, 4.69) is 15.5 Å². The van der Waals surface area contributed by atoms with Crippen LogP contribution in [-0.2, 0) is 10.0 Å². The second kappa shape index (κ2) is 8.51. The van der Waals surface area contributed by atoms with Gasteiger partial charge in [-0.05, 0) is 42.5 Å². The lowest BCUT2D eigenvalue weighted by Gasteiger charge is -2.11. The summed E-state index contributed by atoms with van der Waals surface area (Å²) in [5, 5.41) is 10.2. The number of aromatic nitrogens is 2. The van der Waals surface area contributed by atoms with Gasteiger partial charge in [-0.3, -0.25) is 10.1 Å². The van der Waals surface area contributed by atoms with Crippen LogP contribution in [0.5, 0.6) is 11.5 Å². The van der Waals surface area contributed by atoms with Crippen LogP contribution in [0.4, 0.5) is 6.01 Å². The Bertz CT molecular complexity index is 1160. The van der Waals surface area contributed by atoms with E-state index in [1.807, 2.05) is 0 Å². The summed E-state index contributed by atoms with van der Waals surface area (Å²) < 4.78 is 41.3. The third-order valence-electron chi connectivity index (χ3n) is 4.18. The first kappa shape index (κ1) is 21.3. The van der Waals surface area contributed by atoms with Crippen LogP contribution < -0.4 is 14.8 Å². The number of carbonyl (C=O) groups excluding carboxylic acids is 1. The largest absolute Gasteiger partial charge is 0.497 e. The number of benzene rings is 2. The van der Waals surface area contributed by atoms with Crippen molar-refractivity contribution in [2.24, 2.45) is 0 Å². The Hall–Kier alpha value is -3.44. The van der Waals surface area contributed by atoms with Crippen molar-refractivity contribution in [2.75, 3.05) is 33.6 Å². The lowest BCUT2D eigenvalue weighted by Crippen LogP contribution is -2.22. The first-order valence-electron chi connectivity index (χ1n) is 8.66. The van der Waals surface area contributed by atoms with Gasteiger partial charge in [0.2, 0.25) is 10.0 Å². The summed E-state index contributed by atoms with van der Waals surface area (Å²) in [6.45, 7) is 0. The summed E-state index contributed by atoms with van der Waals surface area (Å²) in [5.41, 5.74) is 0.731. The topological polar surface area (TPSA) is 124 Å². The van der Waals surface area contributed by atoms with Gasteiger partial charge in [-0.1, -0.05) is 5.10 Å². The molecular weight excluding hydrogens is 412 g/mol. The van der Waals surface area contributed by atoms with Crippen LogP contribution in [0.3, 0.4) is 0 Å². The second-order valence-corrected chi connectivity index (χ2v) is 8.40. The van der Waals surface area contributed by atoms with Crippen molar-refractivity contribution in [3.05, 3.63) is 48.0 Å². The molecule has 0 unspecified atom stereocenters. The normalized spacial score (nSPS) is 11.4. The molecule has 0 atom stereocenters. The van der Waals surface area contributed by atoms with E-state index in [0.717, 1.165) is 4.31 Å². The van der Waals surface area contributed by atoms with Crippen molar-refractivity contribution in [2.45, 2.75) is 4.90 Å². The average Bonchev–Trinajstić information content (AvgIpc) is 3.21. The summed E-state index contributed by atoms with van der Waals surface area (Å²) in [5.74, 6) is 0.669. The molecule has 0 aliphatic heterocycles. The fourth-order valence-corrected chi connectivity index (χ4v) is 3.42. The molecular formula is C19H20N4O6S. The molecule has 1 heterocycles. The number of amides is 1. The molecule has 0 bridgehead atoms. The summed E-state index contributed by atoms with van der Waals surface area (Å²) in [6, 6.07) is 10.5. The van der Waals surface area contributed by atoms with Crippen molar-refractivity contribution in [3.63, 3.8) is 0 Å². The predicted octanol–water partition coefficient (Wildman–Crippen LogP) is 2.26. The van der Waals surface area contributed by atoms with Crippen LogP contribution in [0.1, 0.15) is 10.4 Å². The van der Waals surface area contributed by atoms with Crippen LogP contribution in [0.15, 0.2) is 51.8 Å². The van der Waals surface area contributed by atoms with Gasteiger partial charge >= 0.3 is 6.01 Å². The van der Waals surface area contributed by atoms with Crippen LogP contribution >= 0.6 is 0 Å². The lowest BCUT2D eigenvalue weighted by atomic mass is 10.2. The number of nitrogens with one attached hydrogen (secondary N) is 1. The molecule has 0 spiro atoms. The van der Waals surface area contributed by atoms with Gasteiger partial charge in [-0.15, -0.1) is 5.10 Å². The van der Waals surface area contributed by atoms with Gasteiger partial charge in [0.05, 0.1) is 24.7 Å². The van der Waals surface area contributed by atoms with Gasteiger partial charge in [0.1, 0.15) is 11.5 Å².